The number of hydrogen-bond donors (Lipinski definition) is 2. The molecule has 0 aliphatic heterocycles. The van der Waals surface area contributed by atoms with Crippen molar-refractivity contribution < 1.29 is 4.74 Å². The van der Waals surface area contributed by atoms with E-state index in [1.165, 1.54) is 31.6 Å². The van der Waals surface area contributed by atoms with Crippen molar-refractivity contribution in [2.45, 2.75) is 19.3 Å². The highest BCUT2D eigenvalue weighted by Crippen LogP contribution is 2.39. The standard InChI is InChI=1S/C21H22N2OS/c1-24-15-9-10-18-17(13-15)16(7-4-5-11-22)21(23-18)20-12-14-6-2-3-8-19(14)25-20/h2-3,6,8-10,12-13,23H,4-5,7,11,22H2,1H3. The van der Waals surface area contributed by atoms with Crippen molar-refractivity contribution in [3.63, 3.8) is 0 Å². The van der Waals surface area contributed by atoms with E-state index in [1.54, 1.807) is 7.11 Å². The molecule has 0 aliphatic rings. The van der Waals surface area contributed by atoms with Crippen LogP contribution in [0.3, 0.4) is 0 Å². The Balaban J connectivity index is 1.87. The molecule has 0 fully saturated rings. The summed E-state index contributed by atoms with van der Waals surface area (Å²) in [6.07, 6.45) is 3.16. The Morgan fingerprint density at radius 2 is 1.96 bits per heavy atom. The third kappa shape index (κ3) is 3.03. The van der Waals surface area contributed by atoms with Gasteiger partial charge < -0.3 is 15.5 Å². The highest BCUT2D eigenvalue weighted by atomic mass is 32.1. The number of thiophene rings is 1. The number of hydrogen-bond acceptors (Lipinski definition) is 3. The van der Waals surface area contributed by atoms with Crippen molar-refractivity contribution in [3.05, 3.63) is 54.1 Å². The number of ether oxygens (including phenoxy) is 1. The molecule has 0 radical (unpaired) electrons. The molecule has 3 nitrogen and oxygen atoms in total. The van der Waals surface area contributed by atoms with Gasteiger partial charge in [-0.15, -0.1) is 11.3 Å². The van der Waals surface area contributed by atoms with E-state index >= 15 is 0 Å². The summed E-state index contributed by atoms with van der Waals surface area (Å²) in [4.78, 5) is 4.93. The van der Waals surface area contributed by atoms with Crippen LogP contribution in [-0.2, 0) is 6.42 Å². The Morgan fingerprint density at radius 3 is 2.76 bits per heavy atom. The number of fused-ring (bicyclic) bond motifs is 2. The molecule has 2 aromatic carbocycles. The summed E-state index contributed by atoms with van der Waals surface area (Å²) < 4.78 is 6.76. The Labute approximate surface area is 151 Å². The molecule has 4 aromatic rings. The molecule has 0 bridgehead atoms. The van der Waals surface area contributed by atoms with Crippen LogP contribution in [0.2, 0.25) is 0 Å². The smallest absolute Gasteiger partial charge is 0.119 e. The molecule has 2 aromatic heterocycles. The Bertz CT molecular complexity index is 982. The van der Waals surface area contributed by atoms with Gasteiger partial charge in [-0.1, -0.05) is 18.2 Å². The van der Waals surface area contributed by atoms with Gasteiger partial charge in [0.15, 0.2) is 0 Å². The minimum Gasteiger partial charge on any atom is -0.497 e. The maximum absolute atomic E-state index is 5.70. The van der Waals surface area contributed by atoms with Crippen LogP contribution in [0.25, 0.3) is 31.6 Å². The second kappa shape index (κ2) is 6.90. The average molecular weight is 350 g/mol. The van der Waals surface area contributed by atoms with Gasteiger partial charge in [-0.2, -0.15) is 0 Å². The molecule has 0 saturated heterocycles. The van der Waals surface area contributed by atoms with Crippen molar-refractivity contribution in [2.24, 2.45) is 5.73 Å². The minimum absolute atomic E-state index is 0.740. The van der Waals surface area contributed by atoms with Crippen LogP contribution in [0.5, 0.6) is 5.75 Å². The maximum atomic E-state index is 5.70. The van der Waals surface area contributed by atoms with Gasteiger partial charge in [0.1, 0.15) is 5.75 Å². The third-order valence-electron chi connectivity index (χ3n) is 4.67. The second-order valence-electron chi connectivity index (χ2n) is 6.28. The summed E-state index contributed by atoms with van der Waals surface area (Å²) >= 11 is 1.84. The van der Waals surface area contributed by atoms with Gasteiger partial charge in [-0.25, -0.2) is 0 Å². The van der Waals surface area contributed by atoms with Crippen molar-refractivity contribution in [2.75, 3.05) is 13.7 Å². The number of aryl methyl sites for hydroxylation is 1. The van der Waals surface area contributed by atoms with Gasteiger partial charge in [0, 0.05) is 15.6 Å². The van der Waals surface area contributed by atoms with E-state index < -0.39 is 0 Å². The zero-order chi connectivity index (χ0) is 17.2. The Hall–Kier alpha value is -2.30. The molecule has 2 heterocycles. The highest BCUT2D eigenvalue weighted by molar-refractivity contribution is 7.22. The number of aromatic nitrogens is 1. The third-order valence-corrected chi connectivity index (χ3v) is 5.80. The van der Waals surface area contributed by atoms with Crippen LogP contribution in [0.15, 0.2) is 48.5 Å². The molecule has 0 aliphatic carbocycles. The van der Waals surface area contributed by atoms with E-state index in [2.05, 4.69) is 47.4 Å². The zero-order valence-corrected chi connectivity index (χ0v) is 15.2. The lowest BCUT2D eigenvalue weighted by Gasteiger charge is -2.04. The largest absolute Gasteiger partial charge is 0.497 e. The van der Waals surface area contributed by atoms with Crippen LogP contribution in [0.1, 0.15) is 18.4 Å². The topological polar surface area (TPSA) is 51.0 Å². The lowest BCUT2D eigenvalue weighted by molar-refractivity contribution is 0.415. The summed E-state index contributed by atoms with van der Waals surface area (Å²) in [6.45, 7) is 0.740. The maximum Gasteiger partial charge on any atom is 0.119 e. The van der Waals surface area contributed by atoms with Gasteiger partial charge in [-0.3, -0.25) is 0 Å². The fourth-order valence-electron chi connectivity index (χ4n) is 3.37. The van der Waals surface area contributed by atoms with Gasteiger partial charge >= 0.3 is 0 Å². The zero-order valence-electron chi connectivity index (χ0n) is 14.3. The average Bonchev–Trinajstić information content (AvgIpc) is 3.22. The molecule has 0 saturated carbocycles. The van der Waals surface area contributed by atoms with Crippen molar-refractivity contribution >= 4 is 32.3 Å². The summed E-state index contributed by atoms with van der Waals surface area (Å²) in [6, 6.07) is 17.1. The fraction of sp³-hybridized carbons (Fsp3) is 0.238. The molecular formula is C21H22N2OS. The van der Waals surface area contributed by atoms with Crippen LogP contribution < -0.4 is 10.5 Å². The van der Waals surface area contributed by atoms with Gasteiger partial charge in [0.25, 0.3) is 0 Å². The number of aromatic amines is 1. The van der Waals surface area contributed by atoms with E-state index in [1.807, 2.05) is 17.4 Å². The highest BCUT2D eigenvalue weighted by Gasteiger charge is 2.15. The first-order chi connectivity index (χ1) is 12.3. The molecule has 25 heavy (non-hydrogen) atoms. The number of H-pyrrole nitrogens is 1. The van der Waals surface area contributed by atoms with E-state index in [0.29, 0.717) is 0 Å². The van der Waals surface area contributed by atoms with E-state index in [-0.39, 0.29) is 0 Å². The number of nitrogens with two attached hydrogens (primary N) is 1. The molecule has 0 spiro atoms. The number of methoxy groups -OCH3 is 1. The van der Waals surface area contributed by atoms with E-state index in [0.717, 1.165) is 37.1 Å². The normalized spacial score (nSPS) is 11.4. The van der Waals surface area contributed by atoms with Crippen LogP contribution in [-0.4, -0.2) is 18.6 Å². The second-order valence-corrected chi connectivity index (χ2v) is 7.37. The molecule has 0 unspecified atom stereocenters. The van der Waals surface area contributed by atoms with Crippen LogP contribution in [0, 0.1) is 0 Å². The van der Waals surface area contributed by atoms with E-state index in [9.17, 15) is 0 Å². The predicted molar refractivity (Wildman–Crippen MR) is 108 cm³/mol. The molecule has 0 atom stereocenters. The minimum atomic E-state index is 0.740. The van der Waals surface area contributed by atoms with Crippen LogP contribution >= 0.6 is 11.3 Å². The lowest BCUT2D eigenvalue weighted by atomic mass is 10.0. The molecular weight excluding hydrogens is 328 g/mol. The summed E-state index contributed by atoms with van der Waals surface area (Å²) in [7, 11) is 1.72. The first kappa shape index (κ1) is 16.2. The summed E-state index contributed by atoms with van der Waals surface area (Å²) in [5.74, 6) is 0.898. The molecule has 4 heteroatoms. The summed E-state index contributed by atoms with van der Waals surface area (Å²) in [5, 5.41) is 2.55. The predicted octanol–water partition coefficient (Wildman–Crippen LogP) is 5.34. The lowest BCUT2D eigenvalue weighted by Crippen LogP contribution is -1.99. The number of benzene rings is 2. The van der Waals surface area contributed by atoms with Crippen molar-refractivity contribution in [3.8, 4) is 16.3 Å². The Morgan fingerprint density at radius 1 is 1.08 bits per heavy atom. The van der Waals surface area contributed by atoms with Crippen molar-refractivity contribution in [1.29, 1.82) is 0 Å². The first-order valence-electron chi connectivity index (χ1n) is 8.68. The molecule has 128 valence electrons. The van der Waals surface area contributed by atoms with Crippen LogP contribution in [0.4, 0.5) is 0 Å². The summed E-state index contributed by atoms with van der Waals surface area (Å²) in [5.41, 5.74) is 9.47. The number of unbranched alkanes of at least 4 members (excludes halogenated alkanes) is 1. The Kier molecular flexibility index (Phi) is 4.47. The molecule has 4 rings (SSSR count). The van der Waals surface area contributed by atoms with Gasteiger partial charge in [-0.05, 0) is 67.1 Å². The SMILES string of the molecule is COc1ccc2[nH]c(-c3cc4ccccc4s3)c(CCCCN)c2c1. The van der Waals surface area contributed by atoms with Crippen molar-refractivity contribution in [1.82, 2.24) is 4.98 Å². The van der Waals surface area contributed by atoms with Gasteiger partial charge in [0.2, 0.25) is 0 Å². The van der Waals surface area contributed by atoms with E-state index in [4.69, 9.17) is 10.5 Å². The fourth-order valence-corrected chi connectivity index (χ4v) is 4.47. The number of nitrogens with one attached hydrogen (secondary N) is 1. The quantitative estimate of drug-likeness (QED) is 0.461. The number of rotatable bonds is 6. The first-order valence-corrected chi connectivity index (χ1v) is 9.49. The van der Waals surface area contributed by atoms with Gasteiger partial charge in [0.05, 0.1) is 17.7 Å². The molecule has 3 N–H and O–H groups in total. The molecule has 0 amide bonds. The monoisotopic (exact) mass is 350 g/mol.